The molecule has 5 heteroatoms. The largest absolute Gasteiger partial charge is 0.525 e. The molecule has 1 amide bonds. The van der Waals surface area contributed by atoms with Crippen molar-refractivity contribution in [1.29, 1.82) is 0 Å². The molecule has 1 aliphatic rings. The minimum atomic E-state index is -0.386. The van der Waals surface area contributed by atoms with E-state index in [9.17, 15) is 9.59 Å². The standard InChI is InChI=1S/C10H14N2O3/c1-8(9(2)13)3-6-15-10(14)12-5-4-11-7-12/h4-5,7-8H,3,6H2,1-2H3/p+1. The highest BCUT2D eigenvalue weighted by molar-refractivity contribution is 5.77. The van der Waals surface area contributed by atoms with Crippen LogP contribution in [0.4, 0.5) is 4.79 Å². The van der Waals surface area contributed by atoms with Crippen molar-refractivity contribution in [1.82, 2.24) is 0 Å². The summed E-state index contributed by atoms with van der Waals surface area (Å²) >= 11 is 0. The van der Waals surface area contributed by atoms with Crippen molar-refractivity contribution in [2.45, 2.75) is 20.3 Å². The SMILES string of the molecule is CC(=O)C(C)CCOC(=O)[NH+]1C=CN=C1. The van der Waals surface area contributed by atoms with Crippen molar-refractivity contribution >= 4 is 18.2 Å². The predicted molar refractivity (Wildman–Crippen MR) is 54.4 cm³/mol. The molecule has 2 atom stereocenters. The first kappa shape index (κ1) is 11.6. The number of nitrogens with zero attached hydrogens (tertiary/aromatic N) is 1. The third kappa shape index (κ3) is 3.63. The zero-order valence-electron chi connectivity index (χ0n) is 8.90. The molecule has 15 heavy (non-hydrogen) atoms. The van der Waals surface area contributed by atoms with Crippen LogP contribution < -0.4 is 4.90 Å². The second-order valence-corrected chi connectivity index (χ2v) is 3.49. The summed E-state index contributed by atoms with van der Waals surface area (Å²) in [6.07, 6.45) is 4.76. The van der Waals surface area contributed by atoms with Crippen LogP contribution in [-0.2, 0) is 9.53 Å². The van der Waals surface area contributed by atoms with Gasteiger partial charge >= 0.3 is 6.09 Å². The van der Waals surface area contributed by atoms with E-state index >= 15 is 0 Å². The summed E-state index contributed by atoms with van der Waals surface area (Å²) in [6.45, 7) is 3.62. The third-order valence-electron chi connectivity index (χ3n) is 2.27. The van der Waals surface area contributed by atoms with Gasteiger partial charge in [0.05, 0.1) is 12.8 Å². The number of rotatable bonds is 4. The highest BCUT2D eigenvalue weighted by Crippen LogP contribution is 2.02. The Morgan fingerprint density at radius 1 is 1.53 bits per heavy atom. The number of ether oxygens (including phenoxy) is 1. The molecule has 0 aliphatic carbocycles. The number of hydrogen-bond donors (Lipinski definition) is 1. The van der Waals surface area contributed by atoms with Crippen molar-refractivity contribution < 1.29 is 19.2 Å². The van der Waals surface area contributed by atoms with Gasteiger partial charge in [-0.3, -0.25) is 4.79 Å². The maximum atomic E-state index is 11.3. The minimum Gasteiger partial charge on any atom is -0.419 e. The van der Waals surface area contributed by atoms with E-state index in [0.717, 1.165) is 0 Å². The van der Waals surface area contributed by atoms with Crippen molar-refractivity contribution in [3.05, 3.63) is 12.4 Å². The second kappa shape index (κ2) is 5.41. The molecule has 2 unspecified atom stereocenters. The van der Waals surface area contributed by atoms with Crippen LogP contribution >= 0.6 is 0 Å². The van der Waals surface area contributed by atoms with E-state index < -0.39 is 0 Å². The fraction of sp³-hybridized carbons (Fsp3) is 0.500. The smallest absolute Gasteiger partial charge is 0.419 e. The van der Waals surface area contributed by atoms with Gasteiger partial charge in [0.15, 0.2) is 0 Å². The molecule has 1 N–H and O–H groups in total. The molecule has 5 nitrogen and oxygen atoms in total. The molecule has 0 saturated heterocycles. The second-order valence-electron chi connectivity index (χ2n) is 3.49. The summed E-state index contributed by atoms with van der Waals surface area (Å²) in [5.74, 6) is 0.0524. The highest BCUT2D eigenvalue weighted by Gasteiger charge is 2.19. The first-order valence-corrected chi connectivity index (χ1v) is 4.85. The van der Waals surface area contributed by atoms with E-state index in [2.05, 4.69) is 4.99 Å². The fourth-order valence-electron chi connectivity index (χ4n) is 1.03. The summed E-state index contributed by atoms with van der Waals surface area (Å²) in [7, 11) is 0. The Morgan fingerprint density at radius 3 is 2.80 bits per heavy atom. The molecule has 0 radical (unpaired) electrons. The fourth-order valence-corrected chi connectivity index (χ4v) is 1.03. The number of amides is 1. The lowest BCUT2D eigenvalue weighted by molar-refractivity contribution is -0.650. The summed E-state index contributed by atoms with van der Waals surface area (Å²) in [5, 5.41) is 0. The average molecular weight is 211 g/mol. The van der Waals surface area contributed by atoms with Gasteiger partial charge in [-0.15, -0.1) is 0 Å². The van der Waals surface area contributed by atoms with Gasteiger partial charge in [0.25, 0.3) is 0 Å². The predicted octanol–water partition coefficient (Wildman–Crippen LogP) is 0.136. The maximum Gasteiger partial charge on any atom is 0.525 e. The van der Waals surface area contributed by atoms with Crippen molar-refractivity contribution in [3.8, 4) is 0 Å². The Balaban J connectivity index is 2.20. The first-order chi connectivity index (χ1) is 7.11. The van der Waals surface area contributed by atoms with Gasteiger partial charge < -0.3 is 4.74 Å². The van der Waals surface area contributed by atoms with E-state index in [1.807, 2.05) is 6.92 Å². The summed E-state index contributed by atoms with van der Waals surface area (Å²) < 4.78 is 4.98. The number of quaternary nitrogens is 1. The molecule has 0 fully saturated rings. The number of carbonyl (C=O) groups excluding carboxylic acids is 2. The van der Waals surface area contributed by atoms with Gasteiger partial charge in [0.2, 0.25) is 6.34 Å². The normalized spacial score (nSPS) is 20.3. The quantitative estimate of drug-likeness (QED) is 0.719. The molecule has 1 rings (SSSR count). The zero-order valence-corrected chi connectivity index (χ0v) is 8.90. The average Bonchev–Trinajstić information content (AvgIpc) is 2.70. The van der Waals surface area contributed by atoms with E-state index in [0.29, 0.717) is 11.3 Å². The van der Waals surface area contributed by atoms with Crippen molar-refractivity contribution in [2.24, 2.45) is 10.9 Å². The van der Waals surface area contributed by atoms with Gasteiger partial charge in [-0.2, -0.15) is 9.69 Å². The summed E-state index contributed by atoms with van der Waals surface area (Å²) in [6, 6.07) is 0. The van der Waals surface area contributed by atoms with Gasteiger partial charge in [-0.1, -0.05) is 6.92 Å². The molecule has 0 saturated carbocycles. The number of nitrogens with one attached hydrogen (secondary N) is 1. The molecular weight excluding hydrogens is 196 g/mol. The molecule has 0 aromatic carbocycles. The van der Waals surface area contributed by atoms with Gasteiger partial charge in [-0.25, -0.2) is 4.99 Å². The number of Topliss-reactive ketones (excluding diaryl/α,β-unsaturated/α-hetero) is 1. The Morgan fingerprint density at radius 2 is 2.27 bits per heavy atom. The Kier molecular flexibility index (Phi) is 4.17. The Labute approximate surface area is 88.4 Å². The number of carbonyl (C=O) groups is 2. The van der Waals surface area contributed by atoms with Crippen molar-refractivity contribution in [2.75, 3.05) is 6.61 Å². The van der Waals surface area contributed by atoms with Crippen LogP contribution in [0.15, 0.2) is 17.4 Å². The van der Waals surface area contributed by atoms with E-state index in [1.54, 1.807) is 6.20 Å². The van der Waals surface area contributed by atoms with Crippen molar-refractivity contribution in [3.63, 3.8) is 0 Å². The monoisotopic (exact) mass is 211 g/mol. The summed E-state index contributed by atoms with van der Waals surface area (Å²) in [4.78, 5) is 26.4. The molecule has 1 aliphatic heterocycles. The molecule has 0 bridgehead atoms. The lowest BCUT2D eigenvalue weighted by atomic mass is 10.1. The Hall–Kier alpha value is -1.49. The van der Waals surface area contributed by atoms with Crippen LogP contribution in [0.3, 0.4) is 0 Å². The highest BCUT2D eigenvalue weighted by atomic mass is 16.6. The third-order valence-corrected chi connectivity index (χ3v) is 2.27. The lowest BCUT2D eigenvalue weighted by Crippen LogP contribution is -3.08. The Bertz CT molecular complexity index is 298. The number of ketones is 1. The van der Waals surface area contributed by atoms with E-state index in [1.165, 1.54) is 19.5 Å². The molecule has 0 aromatic rings. The number of aliphatic imine (C=N–C) groups is 1. The molecular formula is C10H15N2O3+. The van der Waals surface area contributed by atoms with Crippen LogP contribution in [0.5, 0.6) is 0 Å². The number of hydrogen-bond acceptors (Lipinski definition) is 4. The van der Waals surface area contributed by atoms with E-state index in [-0.39, 0.29) is 24.4 Å². The molecule has 0 spiro atoms. The molecule has 1 heterocycles. The zero-order chi connectivity index (χ0) is 11.3. The summed E-state index contributed by atoms with van der Waals surface area (Å²) in [5.41, 5.74) is 0. The van der Waals surface area contributed by atoms with Crippen LogP contribution in [0.25, 0.3) is 0 Å². The van der Waals surface area contributed by atoms with Gasteiger partial charge in [-0.05, 0) is 13.3 Å². The van der Waals surface area contributed by atoms with Crippen LogP contribution in [-0.4, -0.2) is 24.8 Å². The van der Waals surface area contributed by atoms with Gasteiger partial charge in [0, 0.05) is 5.92 Å². The maximum absolute atomic E-state index is 11.3. The van der Waals surface area contributed by atoms with Crippen LogP contribution in [0.1, 0.15) is 20.3 Å². The van der Waals surface area contributed by atoms with Crippen LogP contribution in [0, 0.1) is 5.92 Å². The molecule has 0 aromatic heterocycles. The number of alkyl carbamates (subject to hydrolysis) is 2. The van der Waals surface area contributed by atoms with Gasteiger partial charge in [0.1, 0.15) is 12.0 Å². The topological polar surface area (TPSA) is 60.2 Å². The minimum absolute atomic E-state index is 0.0596. The van der Waals surface area contributed by atoms with Crippen LogP contribution in [0.2, 0.25) is 0 Å². The van der Waals surface area contributed by atoms with E-state index in [4.69, 9.17) is 4.74 Å². The lowest BCUT2D eigenvalue weighted by Gasteiger charge is -2.08. The first-order valence-electron chi connectivity index (χ1n) is 4.85. The molecule has 82 valence electrons.